The number of aromatic amines is 1. The first kappa shape index (κ1) is 9.21. The van der Waals surface area contributed by atoms with Crippen LogP contribution in [0.2, 0.25) is 0 Å². The molecule has 0 bridgehead atoms. The van der Waals surface area contributed by atoms with Gasteiger partial charge in [-0.05, 0) is 24.6 Å². The van der Waals surface area contributed by atoms with E-state index in [9.17, 15) is 0 Å². The predicted molar refractivity (Wildman–Crippen MR) is 58.1 cm³/mol. The largest absolute Gasteiger partial charge is 0.342 e. The SMILES string of the molecule is CCc1nc2ccc(C(C)N)cc2[nH]1. The Kier molecular flexibility index (Phi) is 2.25. The molecule has 0 radical (unpaired) electrons. The number of H-pyrrole nitrogens is 1. The summed E-state index contributed by atoms with van der Waals surface area (Å²) < 4.78 is 0. The lowest BCUT2D eigenvalue weighted by atomic mass is 10.1. The Morgan fingerprint density at radius 2 is 2.29 bits per heavy atom. The van der Waals surface area contributed by atoms with Crippen molar-refractivity contribution in [1.29, 1.82) is 0 Å². The number of imidazole rings is 1. The van der Waals surface area contributed by atoms with Gasteiger partial charge in [-0.2, -0.15) is 0 Å². The van der Waals surface area contributed by atoms with E-state index in [4.69, 9.17) is 5.73 Å². The second kappa shape index (κ2) is 3.42. The van der Waals surface area contributed by atoms with E-state index in [1.165, 1.54) is 0 Å². The molecular formula is C11H15N3. The number of nitrogens with two attached hydrogens (primary N) is 1. The monoisotopic (exact) mass is 189 g/mol. The Morgan fingerprint density at radius 1 is 1.50 bits per heavy atom. The fourth-order valence-electron chi connectivity index (χ4n) is 1.53. The number of benzene rings is 1. The Morgan fingerprint density at radius 3 is 2.93 bits per heavy atom. The van der Waals surface area contributed by atoms with Gasteiger partial charge in [0.15, 0.2) is 0 Å². The fourth-order valence-corrected chi connectivity index (χ4v) is 1.53. The molecule has 3 nitrogen and oxygen atoms in total. The molecular weight excluding hydrogens is 174 g/mol. The Hall–Kier alpha value is -1.35. The molecule has 0 saturated carbocycles. The summed E-state index contributed by atoms with van der Waals surface area (Å²) in [4.78, 5) is 7.71. The molecule has 2 rings (SSSR count). The summed E-state index contributed by atoms with van der Waals surface area (Å²) in [7, 11) is 0. The number of hydrogen-bond acceptors (Lipinski definition) is 2. The van der Waals surface area contributed by atoms with Gasteiger partial charge in [-0.25, -0.2) is 4.98 Å². The lowest BCUT2D eigenvalue weighted by Gasteiger charge is -2.03. The van der Waals surface area contributed by atoms with Crippen LogP contribution in [0.3, 0.4) is 0 Å². The molecule has 74 valence electrons. The minimum absolute atomic E-state index is 0.0766. The van der Waals surface area contributed by atoms with Gasteiger partial charge < -0.3 is 10.7 Å². The Bertz CT molecular complexity index is 443. The highest BCUT2D eigenvalue weighted by Crippen LogP contribution is 2.17. The molecule has 14 heavy (non-hydrogen) atoms. The van der Waals surface area contributed by atoms with Crippen molar-refractivity contribution in [3.63, 3.8) is 0 Å². The molecule has 0 spiro atoms. The van der Waals surface area contributed by atoms with Crippen LogP contribution in [-0.4, -0.2) is 9.97 Å². The third-order valence-electron chi connectivity index (χ3n) is 2.42. The number of aromatic nitrogens is 2. The molecule has 0 amide bonds. The molecule has 1 unspecified atom stereocenters. The highest BCUT2D eigenvalue weighted by Gasteiger charge is 2.04. The van der Waals surface area contributed by atoms with E-state index in [1.54, 1.807) is 0 Å². The van der Waals surface area contributed by atoms with Gasteiger partial charge in [0.1, 0.15) is 5.82 Å². The summed E-state index contributed by atoms with van der Waals surface area (Å²) in [5, 5.41) is 0. The summed E-state index contributed by atoms with van der Waals surface area (Å²) in [5.74, 6) is 1.03. The summed E-state index contributed by atoms with van der Waals surface area (Å²) >= 11 is 0. The van der Waals surface area contributed by atoms with Crippen LogP contribution in [0.25, 0.3) is 11.0 Å². The predicted octanol–water partition coefficient (Wildman–Crippen LogP) is 2.15. The Balaban J connectivity index is 2.54. The molecule has 0 aliphatic heterocycles. The molecule has 1 aromatic carbocycles. The van der Waals surface area contributed by atoms with Crippen LogP contribution < -0.4 is 5.73 Å². The maximum Gasteiger partial charge on any atom is 0.106 e. The zero-order valence-corrected chi connectivity index (χ0v) is 8.54. The van der Waals surface area contributed by atoms with E-state index < -0.39 is 0 Å². The van der Waals surface area contributed by atoms with Gasteiger partial charge in [0.25, 0.3) is 0 Å². The van der Waals surface area contributed by atoms with E-state index in [-0.39, 0.29) is 6.04 Å². The van der Waals surface area contributed by atoms with E-state index in [1.807, 2.05) is 19.1 Å². The summed E-state index contributed by atoms with van der Waals surface area (Å²) in [6, 6.07) is 6.20. The molecule has 0 saturated heterocycles. The van der Waals surface area contributed by atoms with Gasteiger partial charge in [-0.1, -0.05) is 13.0 Å². The third-order valence-corrected chi connectivity index (χ3v) is 2.42. The van der Waals surface area contributed by atoms with Crippen LogP contribution in [0.1, 0.15) is 31.3 Å². The summed E-state index contributed by atoms with van der Waals surface area (Å²) in [6.45, 7) is 4.07. The van der Waals surface area contributed by atoms with E-state index in [0.29, 0.717) is 0 Å². The lowest BCUT2D eigenvalue weighted by Crippen LogP contribution is -2.04. The van der Waals surface area contributed by atoms with Crippen molar-refractivity contribution >= 4 is 11.0 Å². The van der Waals surface area contributed by atoms with Crippen LogP contribution >= 0.6 is 0 Å². The van der Waals surface area contributed by atoms with Crippen LogP contribution in [0, 0.1) is 0 Å². The highest BCUT2D eigenvalue weighted by atomic mass is 14.9. The van der Waals surface area contributed by atoms with E-state index >= 15 is 0 Å². The van der Waals surface area contributed by atoms with Crippen molar-refractivity contribution in [2.24, 2.45) is 5.73 Å². The molecule has 0 aliphatic rings. The minimum Gasteiger partial charge on any atom is -0.342 e. The number of aryl methyl sites for hydroxylation is 1. The van der Waals surface area contributed by atoms with Crippen LogP contribution in [0.15, 0.2) is 18.2 Å². The molecule has 2 aromatic rings. The molecule has 3 N–H and O–H groups in total. The standard InChI is InChI=1S/C11H15N3/c1-3-11-13-9-5-4-8(7(2)12)6-10(9)14-11/h4-7H,3,12H2,1-2H3,(H,13,14). The molecule has 1 heterocycles. The highest BCUT2D eigenvalue weighted by molar-refractivity contribution is 5.76. The number of fused-ring (bicyclic) bond motifs is 1. The van der Waals surface area contributed by atoms with Gasteiger partial charge in [0.05, 0.1) is 11.0 Å². The van der Waals surface area contributed by atoms with Gasteiger partial charge in [-0.3, -0.25) is 0 Å². The van der Waals surface area contributed by atoms with Gasteiger partial charge in [0, 0.05) is 12.5 Å². The maximum absolute atomic E-state index is 5.81. The van der Waals surface area contributed by atoms with Crippen molar-refractivity contribution in [2.45, 2.75) is 26.3 Å². The second-order valence-electron chi connectivity index (χ2n) is 3.60. The van der Waals surface area contributed by atoms with E-state index in [2.05, 4.69) is 23.0 Å². The molecule has 1 atom stereocenters. The van der Waals surface area contributed by atoms with Crippen molar-refractivity contribution in [1.82, 2.24) is 9.97 Å². The van der Waals surface area contributed by atoms with Gasteiger partial charge in [-0.15, -0.1) is 0 Å². The second-order valence-corrected chi connectivity index (χ2v) is 3.60. The molecule has 1 aromatic heterocycles. The maximum atomic E-state index is 5.81. The van der Waals surface area contributed by atoms with Crippen molar-refractivity contribution < 1.29 is 0 Å². The van der Waals surface area contributed by atoms with Gasteiger partial charge >= 0.3 is 0 Å². The zero-order chi connectivity index (χ0) is 10.1. The third kappa shape index (κ3) is 1.51. The molecule has 3 heteroatoms. The van der Waals surface area contributed by atoms with E-state index in [0.717, 1.165) is 28.8 Å². The first-order valence-corrected chi connectivity index (χ1v) is 4.95. The molecule has 0 aliphatic carbocycles. The van der Waals surface area contributed by atoms with Crippen LogP contribution in [0.5, 0.6) is 0 Å². The number of nitrogens with one attached hydrogen (secondary N) is 1. The normalized spacial score (nSPS) is 13.4. The van der Waals surface area contributed by atoms with Crippen molar-refractivity contribution in [3.8, 4) is 0 Å². The number of nitrogens with zero attached hydrogens (tertiary/aromatic N) is 1. The smallest absolute Gasteiger partial charge is 0.106 e. The quantitative estimate of drug-likeness (QED) is 0.760. The average Bonchev–Trinajstić information content (AvgIpc) is 2.58. The average molecular weight is 189 g/mol. The van der Waals surface area contributed by atoms with Crippen molar-refractivity contribution in [3.05, 3.63) is 29.6 Å². The van der Waals surface area contributed by atoms with Crippen molar-refractivity contribution in [2.75, 3.05) is 0 Å². The fraction of sp³-hybridized carbons (Fsp3) is 0.364. The van der Waals surface area contributed by atoms with Gasteiger partial charge in [0.2, 0.25) is 0 Å². The van der Waals surface area contributed by atoms with Crippen LogP contribution in [0.4, 0.5) is 0 Å². The minimum atomic E-state index is 0.0766. The van der Waals surface area contributed by atoms with Crippen LogP contribution in [-0.2, 0) is 6.42 Å². The number of hydrogen-bond donors (Lipinski definition) is 2. The topological polar surface area (TPSA) is 54.7 Å². The lowest BCUT2D eigenvalue weighted by molar-refractivity contribution is 0.819. The summed E-state index contributed by atoms with van der Waals surface area (Å²) in [6.07, 6.45) is 0.933. The first-order valence-electron chi connectivity index (χ1n) is 4.95. The Labute approximate surface area is 83.3 Å². The zero-order valence-electron chi connectivity index (χ0n) is 8.54. The first-order chi connectivity index (χ1) is 6.70. The molecule has 0 fully saturated rings. The summed E-state index contributed by atoms with van der Waals surface area (Å²) in [5.41, 5.74) is 9.05. The number of rotatable bonds is 2.